The van der Waals surface area contributed by atoms with Gasteiger partial charge in [0.15, 0.2) is 5.16 Å². The lowest BCUT2D eigenvalue weighted by molar-refractivity contribution is -0.143. The molecule has 1 aromatic heterocycles. The molecule has 1 atom stereocenters. The molecular weight excluding hydrogens is 340 g/mol. The number of halogens is 1. The van der Waals surface area contributed by atoms with Crippen molar-refractivity contribution in [1.82, 2.24) is 9.97 Å². The molecule has 104 valence electrons. The quantitative estimate of drug-likeness (QED) is 0.468. The van der Waals surface area contributed by atoms with Crippen molar-refractivity contribution in [3.05, 3.63) is 52.8 Å². The molecule has 0 fully saturated rings. The molecule has 0 aliphatic carbocycles. The molecule has 6 heteroatoms. The van der Waals surface area contributed by atoms with Gasteiger partial charge in [-0.05, 0) is 19.1 Å². The molecule has 0 aliphatic rings. The molecule has 0 saturated carbocycles. The minimum atomic E-state index is -0.347. The summed E-state index contributed by atoms with van der Waals surface area (Å²) in [7, 11) is 0. The summed E-state index contributed by atoms with van der Waals surface area (Å²) in [4.78, 5) is 20.1. The first-order valence-corrected chi connectivity index (χ1v) is 7.68. The van der Waals surface area contributed by atoms with Crippen molar-refractivity contribution in [3.63, 3.8) is 0 Å². The minimum Gasteiger partial charge on any atom is -0.460 e. The van der Waals surface area contributed by atoms with Crippen LogP contribution in [-0.4, -0.2) is 21.2 Å². The zero-order valence-corrected chi connectivity index (χ0v) is 13.2. The van der Waals surface area contributed by atoms with E-state index in [9.17, 15) is 4.79 Å². The molecular formula is C14H13BrN2O2S. The molecule has 0 N–H and O–H groups in total. The molecule has 20 heavy (non-hydrogen) atoms. The van der Waals surface area contributed by atoms with E-state index in [1.54, 1.807) is 25.4 Å². The molecule has 2 rings (SSSR count). The predicted molar refractivity (Wildman–Crippen MR) is 81.3 cm³/mol. The van der Waals surface area contributed by atoms with Crippen LogP contribution in [0.2, 0.25) is 0 Å². The van der Waals surface area contributed by atoms with Gasteiger partial charge in [-0.1, -0.05) is 45.9 Å². The van der Waals surface area contributed by atoms with E-state index in [2.05, 4.69) is 25.9 Å². The average Bonchev–Trinajstić information content (AvgIpc) is 2.47. The molecule has 0 spiro atoms. The fourth-order valence-corrected chi connectivity index (χ4v) is 2.56. The largest absolute Gasteiger partial charge is 0.460 e. The number of benzene rings is 1. The zero-order chi connectivity index (χ0) is 14.4. The molecule has 4 nitrogen and oxygen atoms in total. The van der Waals surface area contributed by atoms with Gasteiger partial charge in [0, 0.05) is 22.4 Å². The molecule has 0 saturated heterocycles. The Morgan fingerprint density at radius 1 is 1.30 bits per heavy atom. The Kier molecular flexibility index (Phi) is 5.55. The van der Waals surface area contributed by atoms with Crippen LogP contribution in [0.4, 0.5) is 0 Å². The normalized spacial score (nSPS) is 11.9. The number of hydrogen-bond acceptors (Lipinski definition) is 5. The van der Waals surface area contributed by atoms with Crippen LogP contribution in [0.3, 0.4) is 0 Å². The van der Waals surface area contributed by atoms with E-state index in [4.69, 9.17) is 4.74 Å². The van der Waals surface area contributed by atoms with E-state index in [0.29, 0.717) is 5.16 Å². The van der Waals surface area contributed by atoms with Crippen LogP contribution in [0.5, 0.6) is 0 Å². The number of aromatic nitrogens is 2. The number of ether oxygens (including phenoxy) is 1. The predicted octanol–water partition coefficient (Wildman–Crippen LogP) is 3.46. The fourth-order valence-electron chi connectivity index (χ4n) is 1.43. The summed E-state index contributed by atoms with van der Waals surface area (Å²) in [5.41, 5.74) is 0.939. The Hall–Kier alpha value is -1.40. The summed E-state index contributed by atoms with van der Waals surface area (Å²) in [5.74, 6) is -0.279. The number of esters is 1. The van der Waals surface area contributed by atoms with Crippen LogP contribution in [-0.2, 0) is 16.1 Å². The van der Waals surface area contributed by atoms with Crippen molar-refractivity contribution < 1.29 is 9.53 Å². The van der Waals surface area contributed by atoms with E-state index >= 15 is 0 Å². The van der Waals surface area contributed by atoms with Crippen LogP contribution in [0, 0.1) is 0 Å². The second kappa shape index (κ2) is 7.40. The number of rotatable bonds is 5. The van der Waals surface area contributed by atoms with E-state index in [0.717, 1.165) is 10.0 Å². The second-order valence-corrected chi connectivity index (χ2v) is 6.15. The second-order valence-electron chi connectivity index (χ2n) is 3.99. The molecule has 2 aromatic rings. The maximum atomic E-state index is 11.9. The van der Waals surface area contributed by atoms with Crippen molar-refractivity contribution in [1.29, 1.82) is 0 Å². The molecule has 0 unspecified atom stereocenters. The van der Waals surface area contributed by atoms with Gasteiger partial charge in [-0.25, -0.2) is 9.97 Å². The van der Waals surface area contributed by atoms with Crippen LogP contribution in [0.1, 0.15) is 12.5 Å². The Balaban J connectivity index is 1.87. The maximum Gasteiger partial charge on any atom is 0.319 e. The molecule has 0 radical (unpaired) electrons. The fraction of sp³-hybridized carbons (Fsp3) is 0.214. The van der Waals surface area contributed by atoms with Gasteiger partial charge < -0.3 is 4.74 Å². The third-order valence-corrected chi connectivity index (χ3v) is 4.23. The van der Waals surface area contributed by atoms with Gasteiger partial charge in [0.05, 0.1) is 0 Å². The lowest BCUT2D eigenvalue weighted by Gasteiger charge is -2.11. The van der Waals surface area contributed by atoms with Crippen molar-refractivity contribution in [3.8, 4) is 0 Å². The molecule has 0 bridgehead atoms. The van der Waals surface area contributed by atoms with Gasteiger partial charge in [0.2, 0.25) is 0 Å². The highest BCUT2D eigenvalue weighted by molar-refractivity contribution is 9.10. The first kappa shape index (κ1) is 15.0. The van der Waals surface area contributed by atoms with Crippen molar-refractivity contribution >= 4 is 33.7 Å². The van der Waals surface area contributed by atoms with Gasteiger partial charge in [0.1, 0.15) is 11.9 Å². The monoisotopic (exact) mass is 352 g/mol. The van der Waals surface area contributed by atoms with Gasteiger partial charge >= 0.3 is 5.97 Å². The van der Waals surface area contributed by atoms with E-state index in [-0.39, 0.29) is 17.8 Å². The third-order valence-electron chi connectivity index (χ3n) is 2.48. The van der Waals surface area contributed by atoms with E-state index in [1.165, 1.54) is 11.8 Å². The van der Waals surface area contributed by atoms with E-state index < -0.39 is 0 Å². The van der Waals surface area contributed by atoms with Crippen LogP contribution in [0.25, 0.3) is 0 Å². The lowest BCUT2D eigenvalue weighted by Crippen LogP contribution is -2.17. The summed E-state index contributed by atoms with van der Waals surface area (Å²) in [6.45, 7) is 2.03. The number of nitrogens with zero attached hydrogens (tertiary/aromatic N) is 2. The van der Waals surface area contributed by atoms with Crippen LogP contribution >= 0.6 is 27.7 Å². The smallest absolute Gasteiger partial charge is 0.319 e. The lowest BCUT2D eigenvalue weighted by atomic mass is 10.2. The Bertz CT molecular complexity index is 580. The zero-order valence-electron chi connectivity index (χ0n) is 10.8. The van der Waals surface area contributed by atoms with Crippen molar-refractivity contribution in [2.24, 2.45) is 0 Å². The first-order chi connectivity index (χ1) is 9.66. The van der Waals surface area contributed by atoms with Gasteiger partial charge in [-0.2, -0.15) is 0 Å². The van der Waals surface area contributed by atoms with Gasteiger partial charge in [0.25, 0.3) is 0 Å². The number of carbonyl (C=O) groups is 1. The minimum absolute atomic E-state index is 0.251. The summed E-state index contributed by atoms with van der Waals surface area (Å²) in [5, 5.41) is 0.220. The van der Waals surface area contributed by atoms with Crippen LogP contribution in [0.15, 0.2) is 52.4 Å². The SMILES string of the molecule is C[C@@H](Sc1ncccn1)C(=O)OCc1ccccc1Br. The highest BCUT2D eigenvalue weighted by Crippen LogP contribution is 2.21. The summed E-state index contributed by atoms with van der Waals surface area (Å²) in [6, 6.07) is 9.39. The van der Waals surface area contributed by atoms with Crippen molar-refractivity contribution in [2.75, 3.05) is 0 Å². The maximum absolute atomic E-state index is 11.9. The summed E-state index contributed by atoms with van der Waals surface area (Å²) < 4.78 is 6.23. The van der Waals surface area contributed by atoms with E-state index in [1.807, 2.05) is 24.3 Å². The topological polar surface area (TPSA) is 52.1 Å². The highest BCUT2D eigenvalue weighted by atomic mass is 79.9. The Labute approximate surface area is 130 Å². The first-order valence-electron chi connectivity index (χ1n) is 6.00. The molecule has 1 heterocycles. The molecule has 0 aliphatic heterocycles. The van der Waals surface area contributed by atoms with Gasteiger partial charge in [-0.3, -0.25) is 4.79 Å². The van der Waals surface area contributed by atoms with Crippen molar-refractivity contribution in [2.45, 2.75) is 23.9 Å². The number of carbonyl (C=O) groups excluding carboxylic acids is 1. The highest BCUT2D eigenvalue weighted by Gasteiger charge is 2.17. The standard InChI is InChI=1S/C14H13BrN2O2S/c1-10(20-14-16-7-4-8-17-14)13(18)19-9-11-5-2-3-6-12(11)15/h2-8,10H,9H2,1H3/t10-/m1/s1. The summed E-state index contributed by atoms with van der Waals surface area (Å²) in [6.07, 6.45) is 3.29. The number of thioether (sulfide) groups is 1. The van der Waals surface area contributed by atoms with Gasteiger partial charge in [-0.15, -0.1) is 0 Å². The Morgan fingerprint density at radius 3 is 2.70 bits per heavy atom. The van der Waals surface area contributed by atoms with Crippen LogP contribution < -0.4 is 0 Å². The molecule has 0 amide bonds. The Morgan fingerprint density at radius 2 is 2.00 bits per heavy atom. The summed E-state index contributed by atoms with van der Waals surface area (Å²) >= 11 is 4.70. The number of hydrogen-bond donors (Lipinski definition) is 0. The molecule has 1 aromatic carbocycles. The third kappa shape index (κ3) is 4.31. The average molecular weight is 353 g/mol.